The summed E-state index contributed by atoms with van der Waals surface area (Å²) in [7, 11) is 3.16. The number of aryl methyl sites for hydroxylation is 1. The van der Waals surface area contributed by atoms with Gasteiger partial charge in [0, 0.05) is 34.6 Å². The zero-order valence-electron chi connectivity index (χ0n) is 14.9. The summed E-state index contributed by atoms with van der Waals surface area (Å²) < 4.78 is 23.1. The van der Waals surface area contributed by atoms with Crippen molar-refractivity contribution in [3.8, 4) is 11.6 Å². The predicted molar refractivity (Wildman–Crippen MR) is 105 cm³/mol. The fourth-order valence-corrected chi connectivity index (χ4v) is 3.57. The van der Waals surface area contributed by atoms with Gasteiger partial charge in [-0.05, 0) is 19.9 Å². The Morgan fingerprint density at radius 2 is 1.81 bits per heavy atom. The van der Waals surface area contributed by atoms with Gasteiger partial charge in [0.1, 0.15) is 5.75 Å². The molecule has 3 rings (SSSR count). The molecule has 0 unspecified atom stereocenters. The maximum atomic E-state index is 12.7. The number of methoxy groups -OCH3 is 2. The molecular formula is C16H23KN4O5S. The number of hydrogen-bond donors (Lipinski definition) is 1. The number of aromatic amines is 1. The maximum absolute atomic E-state index is 12.7. The Morgan fingerprint density at radius 1 is 1.11 bits per heavy atom. The fourth-order valence-electron chi connectivity index (χ4n) is 2.48. The van der Waals surface area contributed by atoms with Gasteiger partial charge in [-0.25, -0.2) is 0 Å². The van der Waals surface area contributed by atoms with Crippen LogP contribution in [0.2, 0.25) is 0 Å². The molecule has 0 aliphatic rings. The molecule has 0 aliphatic heterocycles. The molecule has 5 N–H and O–H groups in total. The minimum absolute atomic E-state index is 0. The number of pyridine rings is 2. The monoisotopic (exact) mass is 422 g/mol. The van der Waals surface area contributed by atoms with E-state index < -0.39 is 11.2 Å². The number of nitrogens with zero attached hydrogens (tertiary/aromatic N) is 3. The first-order chi connectivity index (χ1) is 11.5. The number of rotatable bonds is 5. The molecule has 0 spiro atoms. The molecule has 0 amide bonds. The molecule has 3 heterocycles. The first kappa shape index (κ1) is 26.2. The standard InChI is InChI=1S/C16H18N4O3S.K.2H2O.H/c1-9-7-17-12(10(2)14(9)23-4)8-24(21)16-18-11-5-6-13(22-3)19-15(11)20-16;;;;/h5-7H,8H2,1-4H3,(H,18,19,20);;2*1H2;/t24-;;;;/m1..../s1. The van der Waals surface area contributed by atoms with Crippen LogP contribution >= 0.6 is 0 Å². The average Bonchev–Trinajstić information content (AvgIpc) is 3.01. The second-order valence-corrected chi connectivity index (χ2v) is 6.67. The van der Waals surface area contributed by atoms with E-state index in [9.17, 15) is 4.55 Å². The molecule has 0 bridgehead atoms. The summed E-state index contributed by atoms with van der Waals surface area (Å²) in [6, 6.07) is 3.52. The van der Waals surface area contributed by atoms with E-state index in [4.69, 9.17) is 9.47 Å². The zero-order chi connectivity index (χ0) is 17.3. The van der Waals surface area contributed by atoms with Gasteiger partial charge in [-0.3, -0.25) is 9.97 Å². The predicted octanol–water partition coefficient (Wildman–Crippen LogP) is -0.00316. The Hall–Kier alpha value is -0.764. The molecule has 0 radical (unpaired) electrons. The average molecular weight is 423 g/mol. The normalized spacial score (nSPS) is 11.0. The fraction of sp³-hybridized carbons (Fsp3) is 0.312. The van der Waals surface area contributed by atoms with E-state index in [1.807, 2.05) is 13.8 Å². The van der Waals surface area contributed by atoms with Crippen LogP contribution in [0.4, 0.5) is 0 Å². The van der Waals surface area contributed by atoms with Gasteiger partial charge in [-0.2, -0.15) is 9.97 Å². The quantitative estimate of drug-likeness (QED) is 0.450. The number of nitrogens with one attached hydrogen (secondary N) is 1. The molecule has 9 nitrogen and oxygen atoms in total. The van der Waals surface area contributed by atoms with E-state index in [-0.39, 0.29) is 68.1 Å². The summed E-state index contributed by atoms with van der Waals surface area (Å²) in [5.74, 6) is 1.49. The number of imidazole rings is 1. The number of fused-ring (bicyclic) bond motifs is 1. The molecular weight excluding hydrogens is 399 g/mol. The van der Waals surface area contributed by atoms with Crippen LogP contribution in [0.1, 0.15) is 16.8 Å². The summed E-state index contributed by atoms with van der Waals surface area (Å²) in [5.41, 5.74) is 3.75. The zero-order valence-corrected chi connectivity index (χ0v) is 15.7. The molecule has 0 saturated carbocycles. The van der Waals surface area contributed by atoms with E-state index in [0.29, 0.717) is 22.2 Å². The van der Waals surface area contributed by atoms with Crippen LogP contribution in [-0.2, 0) is 16.9 Å². The van der Waals surface area contributed by atoms with Crippen LogP contribution in [-0.4, -0.2) is 101 Å². The molecule has 0 aromatic carbocycles. The van der Waals surface area contributed by atoms with Crippen LogP contribution in [0.15, 0.2) is 23.5 Å². The van der Waals surface area contributed by atoms with Gasteiger partial charge < -0.3 is 25.0 Å². The minimum atomic E-state index is -1.37. The number of ether oxygens (including phenoxy) is 2. The molecule has 3 aromatic rings. The topological polar surface area (TPSA) is 159 Å². The van der Waals surface area contributed by atoms with E-state index in [2.05, 4.69) is 19.9 Å². The van der Waals surface area contributed by atoms with Gasteiger partial charge >= 0.3 is 56.5 Å². The molecule has 11 heteroatoms. The Labute approximate surface area is 202 Å². The van der Waals surface area contributed by atoms with E-state index in [1.54, 1.807) is 32.5 Å². The van der Waals surface area contributed by atoms with Gasteiger partial charge in [0.2, 0.25) is 5.88 Å². The van der Waals surface area contributed by atoms with Crippen molar-refractivity contribution in [1.29, 1.82) is 0 Å². The van der Waals surface area contributed by atoms with Crippen LogP contribution < -0.4 is 9.47 Å². The Bertz CT molecular complexity index is 893. The molecule has 1 atom stereocenters. The third kappa shape index (κ3) is 5.62. The Balaban J connectivity index is 0.00000225. The number of H-pyrrole nitrogens is 1. The van der Waals surface area contributed by atoms with Crippen molar-refractivity contribution in [2.24, 2.45) is 0 Å². The van der Waals surface area contributed by atoms with Crippen molar-refractivity contribution in [2.75, 3.05) is 14.2 Å². The Kier molecular flexibility index (Phi) is 11.0. The van der Waals surface area contributed by atoms with E-state index >= 15 is 0 Å². The van der Waals surface area contributed by atoms with E-state index in [1.165, 1.54) is 0 Å². The Morgan fingerprint density at radius 3 is 2.44 bits per heavy atom. The summed E-state index contributed by atoms with van der Waals surface area (Å²) in [5, 5.41) is 0.367. The molecule has 0 aliphatic carbocycles. The summed E-state index contributed by atoms with van der Waals surface area (Å²) >= 11 is -1.37. The second kappa shape index (κ2) is 11.3. The van der Waals surface area contributed by atoms with Gasteiger partial charge in [-0.15, -0.1) is 0 Å². The van der Waals surface area contributed by atoms with Gasteiger partial charge in [0.05, 0.1) is 25.4 Å². The van der Waals surface area contributed by atoms with Crippen LogP contribution in [0, 0.1) is 13.8 Å². The van der Waals surface area contributed by atoms with Crippen LogP contribution in [0.3, 0.4) is 0 Å². The van der Waals surface area contributed by atoms with Crippen molar-refractivity contribution >= 4 is 73.7 Å². The van der Waals surface area contributed by atoms with Crippen molar-refractivity contribution in [1.82, 2.24) is 19.9 Å². The second-order valence-electron chi connectivity index (χ2n) is 5.30. The number of hydrogen-bond acceptors (Lipinski definition) is 6. The van der Waals surface area contributed by atoms with Crippen molar-refractivity contribution in [3.63, 3.8) is 0 Å². The molecule has 144 valence electrons. The van der Waals surface area contributed by atoms with Crippen LogP contribution in [0.25, 0.3) is 11.2 Å². The summed E-state index contributed by atoms with van der Waals surface area (Å²) in [6.45, 7) is 3.84. The summed E-state index contributed by atoms with van der Waals surface area (Å²) in [6.07, 6.45) is 1.73. The third-order valence-corrected chi connectivity index (χ3v) is 4.90. The molecule has 0 fully saturated rings. The summed E-state index contributed by atoms with van der Waals surface area (Å²) in [4.78, 5) is 15.9. The van der Waals surface area contributed by atoms with Crippen molar-refractivity contribution in [2.45, 2.75) is 24.8 Å². The molecule has 0 saturated heterocycles. The van der Waals surface area contributed by atoms with Crippen molar-refractivity contribution in [3.05, 3.63) is 35.2 Å². The van der Waals surface area contributed by atoms with Crippen molar-refractivity contribution < 1.29 is 25.0 Å². The van der Waals surface area contributed by atoms with Gasteiger partial charge in [0.25, 0.3) is 0 Å². The van der Waals surface area contributed by atoms with Gasteiger partial charge in [-0.1, -0.05) is 0 Å². The third-order valence-electron chi connectivity index (χ3n) is 3.74. The van der Waals surface area contributed by atoms with Gasteiger partial charge in [0.15, 0.2) is 11.4 Å². The molecule has 3 aromatic heterocycles. The first-order valence-corrected chi connectivity index (χ1v) is 8.63. The number of aromatic nitrogens is 4. The molecule has 27 heavy (non-hydrogen) atoms. The first-order valence-electron chi connectivity index (χ1n) is 7.31. The van der Waals surface area contributed by atoms with E-state index in [0.717, 1.165) is 22.6 Å². The SMILES string of the molecule is COc1ccc2[nH]c([S@+]([O-])Cc3ncc(C)c(OC)c3C)nc2n1.O.O.[KH]. The van der Waals surface area contributed by atoms with Crippen LogP contribution in [0.5, 0.6) is 11.6 Å².